The third kappa shape index (κ3) is 5.17. The number of anilines is 1. The summed E-state index contributed by atoms with van der Waals surface area (Å²) in [5.41, 5.74) is 1.04. The summed E-state index contributed by atoms with van der Waals surface area (Å²) in [4.78, 5) is 14.7. The second-order valence-electron chi connectivity index (χ2n) is 9.14. The number of nitrogens with zero attached hydrogens (tertiary/aromatic N) is 1. The predicted molar refractivity (Wildman–Crippen MR) is 135 cm³/mol. The van der Waals surface area contributed by atoms with E-state index in [-0.39, 0.29) is 23.2 Å². The van der Waals surface area contributed by atoms with Crippen molar-refractivity contribution in [3.8, 4) is 11.5 Å². The first kappa shape index (κ1) is 24.1. The molecule has 2 heterocycles. The van der Waals surface area contributed by atoms with E-state index in [9.17, 15) is 18.3 Å². The fourth-order valence-electron chi connectivity index (χ4n) is 4.61. The Morgan fingerprint density at radius 2 is 1.61 bits per heavy atom. The van der Waals surface area contributed by atoms with E-state index >= 15 is 0 Å². The van der Waals surface area contributed by atoms with Gasteiger partial charge in [-0.3, -0.25) is 9.52 Å². The second kappa shape index (κ2) is 9.83. The van der Waals surface area contributed by atoms with Crippen molar-refractivity contribution in [2.75, 3.05) is 31.0 Å². The molecule has 2 N–H and O–H groups in total. The van der Waals surface area contributed by atoms with Crippen LogP contribution in [-0.4, -0.2) is 56.2 Å². The zero-order valence-corrected chi connectivity index (χ0v) is 20.5. The highest BCUT2D eigenvalue weighted by atomic mass is 32.2. The van der Waals surface area contributed by atoms with E-state index in [1.807, 2.05) is 30.3 Å². The van der Waals surface area contributed by atoms with Gasteiger partial charge in [-0.2, -0.15) is 0 Å². The number of hydrogen-bond donors (Lipinski definition) is 2. The van der Waals surface area contributed by atoms with Crippen molar-refractivity contribution in [3.05, 3.63) is 83.9 Å². The van der Waals surface area contributed by atoms with Gasteiger partial charge < -0.3 is 19.5 Å². The lowest BCUT2D eigenvalue weighted by Gasteiger charge is -2.38. The molecule has 36 heavy (non-hydrogen) atoms. The average molecular weight is 509 g/mol. The lowest BCUT2D eigenvalue weighted by Crippen LogP contribution is -2.47. The van der Waals surface area contributed by atoms with Crippen molar-refractivity contribution in [1.29, 1.82) is 0 Å². The van der Waals surface area contributed by atoms with Gasteiger partial charge in [-0.05, 0) is 54.8 Å². The first-order valence-electron chi connectivity index (χ1n) is 11.9. The summed E-state index contributed by atoms with van der Waals surface area (Å²) in [6.07, 6.45) is 1.56. The largest absolute Gasteiger partial charge is 0.486 e. The Kier molecular flexibility index (Phi) is 6.59. The lowest BCUT2D eigenvalue weighted by molar-refractivity contribution is -0.0162. The Balaban J connectivity index is 1.22. The third-order valence-corrected chi connectivity index (χ3v) is 7.97. The highest BCUT2D eigenvalue weighted by molar-refractivity contribution is 7.92. The fourth-order valence-corrected chi connectivity index (χ4v) is 5.83. The molecule has 5 rings (SSSR count). The summed E-state index contributed by atoms with van der Waals surface area (Å²) in [7, 11) is -3.93. The molecular weight excluding hydrogens is 480 g/mol. The van der Waals surface area contributed by atoms with Crippen LogP contribution in [0.1, 0.15) is 28.8 Å². The van der Waals surface area contributed by atoms with Crippen molar-refractivity contribution in [2.24, 2.45) is 0 Å². The molecule has 0 saturated carbocycles. The van der Waals surface area contributed by atoms with Crippen LogP contribution in [0.25, 0.3) is 0 Å². The predicted octanol–water partition coefficient (Wildman–Crippen LogP) is 3.47. The van der Waals surface area contributed by atoms with E-state index in [1.54, 1.807) is 41.3 Å². The Labute approximate surface area is 210 Å². The molecule has 0 spiro atoms. The number of rotatable bonds is 6. The molecule has 2 aliphatic heterocycles. The number of likely N-dealkylation sites (tertiary alicyclic amines) is 1. The van der Waals surface area contributed by atoms with Crippen molar-refractivity contribution in [3.63, 3.8) is 0 Å². The van der Waals surface area contributed by atoms with Gasteiger partial charge in [0.05, 0.1) is 5.60 Å². The Hall–Kier alpha value is -3.56. The zero-order valence-electron chi connectivity index (χ0n) is 19.7. The molecule has 188 valence electrons. The molecule has 0 unspecified atom stereocenters. The third-order valence-electron chi connectivity index (χ3n) is 6.56. The molecule has 8 nitrogen and oxygen atoms in total. The monoisotopic (exact) mass is 508 g/mol. The number of carbonyl (C=O) groups is 1. The number of nitrogens with one attached hydrogen (secondary N) is 1. The number of para-hydroxylation sites is 1. The van der Waals surface area contributed by atoms with Crippen LogP contribution in [-0.2, 0) is 16.4 Å². The first-order chi connectivity index (χ1) is 17.3. The number of amides is 1. The topological polar surface area (TPSA) is 105 Å². The molecule has 0 aromatic heterocycles. The number of hydrogen-bond acceptors (Lipinski definition) is 6. The average Bonchev–Trinajstić information content (AvgIpc) is 2.89. The number of piperidine rings is 1. The van der Waals surface area contributed by atoms with E-state index < -0.39 is 15.6 Å². The van der Waals surface area contributed by atoms with Gasteiger partial charge in [0.2, 0.25) is 0 Å². The maximum atomic E-state index is 13.0. The van der Waals surface area contributed by atoms with E-state index in [0.717, 1.165) is 5.56 Å². The van der Waals surface area contributed by atoms with E-state index in [2.05, 4.69) is 4.72 Å². The Bertz CT molecular complexity index is 1330. The van der Waals surface area contributed by atoms with Gasteiger partial charge in [0.25, 0.3) is 15.9 Å². The normalized spacial score (nSPS) is 16.9. The van der Waals surface area contributed by atoms with Gasteiger partial charge in [0.1, 0.15) is 18.1 Å². The summed E-state index contributed by atoms with van der Waals surface area (Å²) in [6.45, 7) is 1.55. The van der Waals surface area contributed by atoms with Gasteiger partial charge in [0.15, 0.2) is 11.5 Å². The van der Waals surface area contributed by atoms with Gasteiger partial charge in [-0.15, -0.1) is 0 Å². The quantitative estimate of drug-likeness (QED) is 0.528. The summed E-state index contributed by atoms with van der Waals surface area (Å²) >= 11 is 0. The van der Waals surface area contributed by atoms with Gasteiger partial charge in [-0.25, -0.2) is 8.42 Å². The van der Waals surface area contributed by atoms with Crippen LogP contribution in [0.5, 0.6) is 11.5 Å². The molecule has 3 aromatic carbocycles. The van der Waals surface area contributed by atoms with Crippen molar-refractivity contribution >= 4 is 21.6 Å². The number of ether oxygens (including phenoxy) is 2. The number of benzene rings is 3. The standard InChI is InChI=1S/C27H28N2O6S/c30-26(29-15-13-27(31,14-16-29)19-20-5-2-1-3-6-20)21-9-11-22(12-10-21)28-36(32,33)24-8-4-7-23-25(24)35-18-17-34-23/h1-12,28,31H,13-19H2. The molecule has 0 aliphatic carbocycles. The van der Waals surface area contributed by atoms with Crippen molar-refractivity contribution in [2.45, 2.75) is 29.8 Å². The highest BCUT2D eigenvalue weighted by Crippen LogP contribution is 2.37. The summed E-state index contributed by atoms with van der Waals surface area (Å²) in [5.74, 6) is 0.441. The molecule has 2 aliphatic rings. The maximum Gasteiger partial charge on any atom is 0.265 e. The second-order valence-corrected chi connectivity index (χ2v) is 10.8. The molecule has 0 bridgehead atoms. The van der Waals surface area contributed by atoms with E-state index in [4.69, 9.17) is 9.47 Å². The van der Waals surface area contributed by atoms with Crippen LogP contribution in [0.4, 0.5) is 5.69 Å². The van der Waals surface area contributed by atoms with Crippen LogP contribution in [0.2, 0.25) is 0 Å². The lowest BCUT2D eigenvalue weighted by atomic mass is 9.85. The van der Waals surface area contributed by atoms with E-state index in [1.165, 1.54) is 6.07 Å². The van der Waals surface area contributed by atoms with Crippen LogP contribution < -0.4 is 14.2 Å². The minimum Gasteiger partial charge on any atom is -0.486 e. The number of fused-ring (bicyclic) bond motifs is 1. The molecule has 1 fully saturated rings. The van der Waals surface area contributed by atoms with Crippen molar-refractivity contribution in [1.82, 2.24) is 4.90 Å². The van der Waals surface area contributed by atoms with Gasteiger partial charge >= 0.3 is 0 Å². The Morgan fingerprint density at radius 3 is 2.33 bits per heavy atom. The summed E-state index contributed by atoms with van der Waals surface area (Å²) in [6, 6.07) is 20.9. The van der Waals surface area contributed by atoms with Crippen LogP contribution >= 0.6 is 0 Å². The van der Waals surface area contributed by atoms with Crippen LogP contribution in [0.3, 0.4) is 0 Å². The van der Waals surface area contributed by atoms with Crippen LogP contribution in [0.15, 0.2) is 77.7 Å². The van der Waals surface area contributed by atoms with Gasteiger partial charge in [0, 0.05) is 30.8 Å². The molecule has 0 radical (unpaired) electrons. The SMILES string of the molecule is O=C(c1ccc(NS(=O)(=O)c2cccc3c2OCCO3)cc1)N1CCC(O)(Cc2ccccc2)CC1. The molecule has 1 saturated heterocycles. The molecule has 9 heteroatoms. The number of aliphatic hydroxyl groups is 1. The van der Waals surface area contributed by atoms with Crippen LogP contribution in [0, 0.1) is 0 Å². The zero-order chi connectivity index (χ0) is 25.2. The smallest absolute Gasteiger partial charge is 0.265 e. The molecule has 1 amide bonds. The molecular formula is C27H28N2O6S. The molecule has 0 atom stereocenters. The van der Waals surface area contributed by atoms with E-state index in [0.29, 0.717) is 56.0 Å². The molecule has 3 aromatic rings. The van der Waals surface area contributed by atoms with Crippen molar-refractivity contribution < 1.29 is 27.8 Å². The van der Waals surface area contributed by atoms with Gasteiger partial charge in [-0.1, -0.05) is 36.4 Å². The number of carbonyl (C=O) groups excluding carboxylic acids is 1. The maximum absolute atomic E-state index is 13.0. The summed E-state index contributed by atoms with van der Waals surface area (Å²) in [5, 5.41) is 11.0. The first-order valence-corrected chi connectivity index (χ1v) is 13.4. The fraction of sp³-hybridized carbons (Fsp3) is 0.296. The minimum absolute atomic E-state index is 0.00356. The Morgan fingerprint density at radius 1 is 0.917 bits per heavy atom. The number of sulfonamides is 1. The highest BCUT2D eigenvalue weighted by Gasteiger charge is 2.34. The summed E-state index contributed by atoms with van der Waals surface area (Å²) < 4.78 is 39.5. The minimum atomic E-state index is -3.93.